The van der Waals surface area contributed by atoms with Crippen LogP contribution < -0.4 is 0 Å². The van der Waals surface area contributed by atoms with Crippen molar-refractivity contribution >= 4 is 17.6 Å². The first-order valence-electron chi connectivity index (χ1n) is 15.2. The molecule has 0 aliphatic heterocycles. The van der Waals surface area contributed by atoms with Crippen LogP contribution in [0.25, 0.3) is 45.2 Å². The highest BCUT2D eigenvalue weighted by Crippen LogP contribution is 2.37. The maximum Gasteiger partial charge on any atom is 0.341 e. The first kappa shape index (κ1) is 33.6. The Kier molecular flexibility index (Phi) is 10.4. The van der Waals surface area contributed by atoms with Gasteiger partial charge in [0.1, 0.15) is 39.9 Å². The van der Waals surface area contributed by atoms with E-state index in [1.54, 1.807) is 73.7 Å². The molecule has 0 spiro atoms. The normalized spacial score (nSPS) is 10.8. The van der Waals surface area contributed by atoms with E-state index < -0.39 is 5.97 Å². The molecule has 6 rings (SSSR count). The third kappa shape index (κ3) is 7.13. The number of rotatable bonds is 8. The average molecular weight is 669 g/mol. The fraction of sp³-hybridized carbons (Fsp3) is 0.162. The van der Waals surface area contributed by atoms with Gasteiger partial charge in [0.25, 0.3) is 0 Å². The minimum atomic E-state index is -0.594. The molecule has 0 aliphatic rings. The zero-order valence-corrected chi connectivity index (χ0v) is 27.2. The lowest BCUT2D eigenvalue weighted by Gasteiger charge is -2.07. The van der Waals surface area contributed by atoms with Crippen LogP contribution in [0.2, 0.25) is 5.02 Å². The summed E-state index contributed by atoms with van der Waals surface area (Å²) in [5, 5.41) is 46.9. The molecule has 2 heterocycles. The Hall–Kier alpha value is -5.74. The number of carbonyl (C=O) groups excluding carboxylic acids is 1. The predicted molar refractivity (Wildman–Crippen MR) is 181 cm³/mol. The van der Waals surface area contributed by atoms with Gasteiger partial charge in [0.2, 0.25) is 0 Å². The second kappa shape index (κ2) is 14.8. The maximum absolute atomic E-state index is 12.0. The molecule has 0 atom stereocenters. The lowest BCUT2D eigenvalue weighted by Crippen LogP contribution is -2.05. The summed E-state index contributed by atoms with van der Waals surface area (Å²) in [5.74, 6) is 0.825. The van der Waals surface area contributed by atoms with E-state index in [1.165, 1.54) is 18.2 Å². The van der Waals surface area contributed by atoms with E-state index >= 15 is 0 Å². The van der Waals surface area contributed by atoms with Crippen molar-refractivity contribution in [2.45, 2.75) is 33.6 Å². The average Bonchev–Trinajstić information content (AvgIpc) is 3.72. The highest BCUT2D eigenvalue weighted by Gasteiger charge is 2.21. The van der Waals surface area contributed by atoms with E-state index in [0.717, 1.165) is 39.9 Å². The monoisotopic (exact) mass is 668 g/mol. The number of carbonyl (C=O) groups is 1. The smallest absolute Gasteiger partial charge is 0.341 e. The Bertz CT molecular complexity index is 2030. The first-order chi connectivity index (χ1) is 23.1. The van der Waals surface area contributed by atoms with Gasteiger partial charge in [-0.25, -0.2) is 4.79 Å². The molecule has 4 aromatic carbocycles. The minimum Gasteiger partial charge on any atom is -0.508 e. The van der Waals surface area contributed by atoms with Crippen molar-refractivity contribution in [1.29, 1.82) is 0 Å². The van der Waals surface area contributed by atoms with E-state index in [-0.39, 0.29) is 40.2 Å². The van der Waals surface area contributed by atoms with Gasteiger partial charge in [-0.1, -0.05) is 35.8 Å². The SMILES string of the molecule is CCOC(=O)c1cc(-c2onc(-c3ccc(O)cc3)c2CC)ccc1O.CCc1c(-c2ccc(O)cc2)noc1-c1ccc(O)c(Cl)c1. The Labute approximate surface area is 281 Å². The Morgan fingerprint density at radius 3 is 1.52 bits per heavy atom. The second-order valence-electron chi connectivity index (χ2n) is 10.6. The van der Waals surface area contributed by atoms with Crippen molar-refractivity contribution in [3.8, 4) is 68.2 Å². The summed E-state index contributed by atoms with van der Waals surface area (Å²) in [6.45, 7) is 5.92. The molecule has 0 aliphatic carbocycles. The molecule has 0 amide bonds. The van der Waals surface area contributed by atoms with Crippen molar-refractivity contribution in [2.24, 2.45) is 0 Å². The highest BCUT2D eigenvalue weighted by molar-refractivity contribution is 6.32. The van der Waals surface area contributed by atoms with Crippen LogP contribution in [-0.4, -0.2) is 43.3 Å². The Balaban J connectivity index is 0.000000190. The topological polar surface area (TPSA) is 159 Å². The van der Waals surface area contributed by atoms with Crippen LogP contribution in [-0.2, 0) is 17.6 Å². The van der Waals surface area contributed by atoms with Crippen LogP contribution in [0.5, 0.6) is 23.0 Å². The molecule has 246 valence electrons. The highest BCUT2D eigenvalue weighted by atomic mass is 35.5. The van der Waals surface area contributed by atoms with Crippen molar-refractivity contribution < 1.29 is 39.0 Å². The summed E-state index contributed by atoms with van der Waals surface area (Å²) in [6, 6.07) is 23.0. The van der Waals surface area contributed by atoms with Gasteiger partial charge in [-0.2, -0.15) is 0 Å². The van der Waals surface area contributed by atoms with Gasteiger partial charge < -0.3 is 34.2 Å². The van der Waals surface area contributed by atoms with E-state index in [4.69, 9.17) is 25.4 Å². The van der Waals surface area contributed by atoms with Crippen LogP contribution >= 0.6 is 11.6 Å². The summed E-state index contributed by atoms with van der Waals surface area (Å²) in [5.41, 5.74) is 6.39. The number of esters is 1. The molecule has 0 fully saturated rings. The fourth-order valence-corrected chi connectivity index (χ4v) is 5.30. The molecular weight excluding hydrogens is 636 g/mol. The molecule has 0 unspecified atom stereocenters. The number of benzene rings is 4. The number of ether oxygens (including phenoxy) is 1. The van der Waals surface area contributed by atoms with Gasteiger partial charge in [0, 0.05) is 33.4 Å². The van der Waals surface area contributed by atoms with Crippen LogP contribution in [0, 0.1) is 0 Å². The molecule has 0 saturated heterocycles. The molecule has 10 nitrogen and oxygen atoms in total. The molecule has 0 saturated carbocycles. The third-order valence-electron chi connectivity index (χ3n) is 7.53. The predicted octanol–water partition coefficient (Wildman–Crippen LogP) is 8.79. The number of halogens is 1. The van der Waals surface area contributed by atoms with Gasteiger partial charge in [-0.15, -0.1) is 0 Å². The van der Waals surface area contributed by atoms with Crippen molar-refractivity contribution in [2.75, 3.05) is 6.61 Å². The lowest BCUT2D eigenvalue weighted by molar-refractivity contribution is 0.0523. The molecular formula is C37H33ClN2O8. The van der Waals surface area contributed by atoms with Gasteiger partial charge in [0.15, 0.2) is 11.5 Å². The molecule has 11 heteroatoms. The number of phenols is 4. The number of aromatic nitrogens is 2. The molecule has 0 radical (unpaired) electrons. The van der Waals surface area contributed by atoms with Crippen LogP contribution in [0.15, 0.2) is 94.0 Å². The fourth-order valence-electron chi connectivity index (χ4n) is 5.12. The van der Waals surface area contributed by atoms with Crippen molar-refractivity contribution in [3.63, 3.8) is 0 Å². The first-order valence-corrected chi connectivity index (χ1v) is 15.6. The summed E-state index contributed by atoms with van der Waals surface area (Å²) < 4.78 is 16.0. The van der Waals surface area contributed by atoms with Crippen LogP contribution in [0.3, 0.4) is 0 Å². The molecule has 2 aromatic heterocycles. The minimum absolute atomic E-state index is 0.0294. The Morgan fingerprint density at radius 1 is 0.646 bits per heavy atom. The van der Waals surface area contributed by atoms with E-state index in [0.29, 0.717) is 29.2 Å². The lowest BCUT2D eigenvalue weighted by atomic mass is 9.99. The summed E-state index contributed by atoms with van der Waals surface area (Å²) in [7, 11) is 0. The van der Waals surface area contributed by atoms with Crippen LogP contribution in [0.1, 0.15) is 42.3 Å². The number of phenolic OH excluding ortho intramolecular Hbond substituents is 4. The third-order valence-corrected chi connectivity index (χ3v) is 7.83. The number of aromatic hydroxyl groups is 4. The van der Waals surface area contributed by atoms with Gasteiger partial charge >= 0.3 is 5.97 Å². The van der Waals surface area contributed by atoms with Crippen LogP contribution in [0.4, 0.5) is 0 Å². The standard InChI is InChI=1S/C20H19NO5.C17H14ClNO3/c1-3-15-18(12-5-8-14(22)9-6-12)21-26-19(15)13-7-10-17(23)16(11-13)20(24)25-4-2;1-2-13-16(10-3-6-12(20)7-4-10)19-22-17(13)11-5-8-15(21)14(18)9-11/h5-11,22-23H,3-4H2,1-2H3;3-9,20-21H,2H2,1H3. The van der Waals surface area contributed by atoms with E-state index in [1.807, 2.05) is 13.8 Å². The number of nitrogens with zero attached hydrogens (tertiary/aromatic N) is 2. The molecule has 6 aromatic rings. The number of hydrogen-bond acceptors (Lipinski definition) is 10. The molecule has 4 N–H and O–H groups in total. The second-order valence-corrected chi connectivity index (χ2v) is 11.0. The summed E-state index contributed by atoms with van der Waals surface area (Å²) in [6.07, 6.45) is 1.39. The quantitative estimate of drug-likeness (QED) is 0.115. The van der Waals surface area contributed by atoms with E-state index in [2.05, 4.69) is 10.3 Å². The van der Waals surface area contributed by atoms with Crippen molar-refractivity contribution in [1.82, 2.24) is 10.3 Å². The maximum atomic E-state index is 12.0. The largest absolute Gasteiger partial charge is 0.508 e. The van der Waals surface area contributed by atoms with Gasteiger partial charge in [-0.3, -0.25) is 0 Å². The summed E-state index contributed by atoms with van der Waals surface area (Å²) >= 11 is 5.96. The molecule has 48 heavy (non-hydrogen) atoms. The van der Waals surface area contributed by atoms with Crippen molar-refractivity contribution in [3.05, 3.63) is 107 Å². The molecule has 0 bridgehead atoms. The zero-order valence-electron chi connectivity index (χ0n) is 26.4. The zero-order chi connectivity index (χ0) is 34.4. The van der Waals surface area contributed by atoms with Gasteiger partial charge in [0.05, 0.1) is 11.6 Å². The Morgan fingerprint density at radius 2 is 1.08 bits per heavy atom. The summed E-state index contributed by atoms with van der Waals surface area (Å²) in [4.78, 5) is 12.0. The number of hydrogen-bond donors (Lipinski definition) is 4. The van der Waals surface area contributed by atoms with E-state index in [9.17, 15) is 25.2 Å². The van der Waals surface area contributed by atoms with Gasteiger partial charge in [-0.05, 0) is 105 Å².